The number of likely N-dealkylation sites (N-methyl/N-ethyl adjacent to an activating group) is 1. The lowest BCUT2D eigenvalue weighted by molar-refractivity contribution is -0.121. The van der Waals surface area contributed by atoms with Crippen molar-refractivity contribution in [2.75, 3.05) is 11.9 Å². The lowest BCUT2D eigenvalue weighted by atomic mass is 10.0. The van der Waals surface area contributed by atoms with Crippen LogP contribution in [-0.2, 0) is 21.4 Å². The first-order valence-corrected chi connectivity index (χ1v) is 14.1. The van der Waals surface area contributed by atoms with Crippen molar-refractivity contribution in [1.29, 1.82) is 0 Å². The molecule has 0 unspecified atom stereocenters. The van der Waals surface area contributed by atoms with Gasteiger partial charge in [0.25, 0.3) is 5.91 Å². The van der Waals surface area contributed by atoms with Gasteiger partial charge >= 0.3 is 0 Å². The first-order chi connectivity index (χ1) is 19.0. The van der Waals surface area contributed by atoms with Crippen molar-refractivity contribution in [3.63, 3.8) is 0 Å². The van der Waals surface area contributed by atoms with Crippen molar-refractivity contribution in [3.05, 3.63) is 66.1 Å². The Bertz CT molecular complexity index is 1640. The second kappa shape index (κ2) is 10.8. The topological polar surface area (TPSA) is 136 Å². The van der Waals surface area contributed by atoms with Gasteiger partial charge in [-0.05, 0) is 30.9 Å². The van der Waals surface area contributed by atoms with E-state index in [4.69, 9.17) is 4.52 Å². The van der Waals surface area contributed by atoms with E-state index in [0.717, 1.165) is 6.20 Å². The standard InChI is InChI=1S/C26H27F2N7O4S/c1-15(2)23(26(36)33-40(37,38)17-8-9-17)34(3)25-19(28)13-29-24(30-25)21-12-22(20-10-11-39-32-20)35(31-21)14-16-6-4-5-7-18(16)27/h4-7,10-13,15,17,23H,8-9,14H2,1-3H3,(H,33,36)/t23-/m0/s1. The number of benzene rings is 1. The summed E-state index contributed by atoms with van der Waals surface area (Å²) in [4.78, 5) is 22.8. The molecule has 3 aromatic heterocycles. The van der Waals surface area contributed by atoms with E-state index in [1.807, 2.05) is 0 Å². The smallest absolute Gasteiger partial charge is 0.256 e. The van der Waals surface area contributed by atoms with Crippen molar-refractivity contribution in [1.82, 2.24) is 29.6 Å². The molecule has 3 heterocycles. The Hall–Kier alpha value is -4.20. The quantitative estimate of drug-likeness (QED) is 0.304. The third-order valence-electron chi connectivity index (χ3n) is 6.57. The fourth-order valence-electron chi connectivity index (χ4n) is 4.43. The van der Waals surface area contributed by atoms with E-state index >= 15 is 4.39 Å². The predicted octanol–water partition coefficient (Wildman–Crippen LogP) is 3.39. The molecule has 0 spiro atoms. The second-order valence-electron chi connectivity index (χ2n) is 9.92. The minimum Gasteiger partial charge on any atom is -0.364 e. The predicted molar refractivity (Wildman–Crippen MR) is 141 cm³/mol. The first kappa shape index (κ1) is 27.4. The van der Waals surface area contributed by atoms with Gasteiger partial charge in [0.2, 0.25) is 10.0 Å². The van der Waals surface area contributed by atoms with Crippen LogP contribution >= 0.6 is 0 Å². The first-order valence-electron chi connectivity index (χ1n) is 12.6. The number of nitrogens with one attached hydrogen (secondary N) is 1. The van der Waals surface area contributed by atoms with Gasteiger partial charge in [0.05, 0.1) is 23.7 Å². The molecule has 0 aliphatic heterocycles. The van der Waals surface area contributed by atoms with Crippen molar-refractivity contribution >= 4 is 21.7 Å². The summed E-state index contributed by atoms with van der Waals surface area (Å²) >= 11 is 0. The van der Waals surface area contributed by atoms with E-state index in [2.05, 4.69) is 24.9 Å². The molecule has 1 amide bonds. The number of carbonyl (C=O) groups is 1. The maximum Gasteiger partial charge on any atom is 0.256 e. The molecular weight excluding hydrogens is 544 g/mol. The minimum atomic E-state index is -3.80. The molecule has 1 N–H and O–H groups in total. The van der Waals surface area contributed by atoms with Gasteiger partial charge in [0.15, 0.2) is 17.5 Å². The molecule has 4 aromatic rings. The summed E-state index contributed by atoms with van der Waals surface area (Å²) < 4.78 is 62.8. The zero-order valence-electron chi connectivity index (χ0n) is 22.0. The maximum absolute atomic E-state index is 15.0. The van der Waals surface area contributed by atoms with E-state index in [-0.39, 0.29) is 23.9 Å². The summed E-state index contributed by atoms with van der Waals surface area (Å²) in [5.74, 6) is -2.56. The average Bonchev–Trinajstić information content (AvgIpc) is 3.48. The van der Waals surface area contributed by atoms with Gasteiger partial charge in [-0.15, -0.1) is 0 Å². The number of hydrogen-bond acceptors (Lipinski definition) is 9. The SMILES string of the molecule is CC(C)[C@@H](C(=O)NS(=O)(=O)C1CC1)N(C)c1nc(-c2cc(-c3ccon3)n(Cc3ccccc3F)n2)ncc1F. The number of carbonyl (C=O) groups excluding carboxylic acids is 1. The molecule has 0 radical (unpaired) electrons. The Morgan fingerprint density at radius 1 is 1.18 bits per heavy atom. The molecule has 5 rings (SSSR count). The molecule has 40 heavy (non-hydrogen) atoms. The number of amides is 1. The minimum absolute atomic E-state index is 0.0359. The largest absolute Gasteiger partial charge is 0.364 e. The van der Waals surface area contributed by atoms with Crippen LogP contribution in [-0.4, -0.2) is 57.6 Å². The molecule has 1 atom stereocenters. The van der Waals surface area contributed by atoms with E-state index in [1.165, 1.54) is 29.0 Å². The second-order valence-corrected chi connectivity index (χ2v) is 11.9. The highest BCUT2D eigenvalue weighted by Gasteiger charge is 2.39. The number of sulfonamides is 1. The number of rotatable bonds is 10. The number of anilines is 1. The molecule has 210 valence electrons. The van der Waals surface area contributed by atoms with Crippen LogP contribution in [0.5, 0.6) is 0 Å². The highest BCUT2D eigenvalue weighted by atomic mass is 32.2. The van der Waals surface area contributed by atoms with Gasteiger partial charge in [-0.2, -0.15) is 5.10 Å². The Labute approximate surface area is 229 Å². The molecule has 0 bridgehead atoms. The summed E-state index contributed by atoms with van der Waals surface area (Å²) in [5.41, 5.74) is 1.54. The van der Waals surface area contributed by atoms with Crippen LogP contribution in [0.25, 0.3) is 22.9 Å². The van der Waals surface area contributed by atoms with Gasteiger partial charge in [-0.25, -0.2) is 27.2 Å². The molecule has 1 aliphatic rings. The third kappa shape index (κ3) is 5.57. The molecule has 11 nitrogen and oxygen atoms in total. The molecule has 1 aromatic carbocycles. The highest BCUT2D eigenvalue weighted by molar-refractivity contribution is 7.90. The molecule has 14 heteroatoms. The fourth-order valence-corrected chi connectivity index (χ4v) is 5.76. The van der Waals surface area contributed by atoms with Gasteiger partial charge in [0.1, 0.15) is 29.5 Å². The van der Waals surface area contributed by atoms with Gasteiger partial charge in [-0.1, -0.05) is 37.2 Å². The van der Waals surface area contributed by atoms with Crippen molar-refractivity contribution in [2.45, 2.75) is 44.5 Å². The monoisotopic (exact) mass is 571 g/mol. The maximum atomic E-state index is 15.0. The van der Waals surface area contributed by atoms with Gasteiger partial charge in [-0.3, -0.25) is 14.2 Å². The molecular formula is C26H27F2N7O4S. The lowest BCUT2D eigenvalue weighted by Crippen LogP contribution is -2.51. The van der Waals surface area contributed by atoms with Crippen molar-refractivity contribution in [2.24, 2.45) is 5.92 Å². The number of halogens is 2. The number of nitrogens with zero attached hydrogens (tertiary/aromatic N) is 6. The fraction of sp³-hybridized carbons (Fsp3) is 0.346. The zero-order valence-corrected chi connectivity index (χ0v) is 22.8. The number of aromatic nitrogens is 5. The Morgan fingerprint density at radius 3 is 2.58 bits per heavy atom. The summed E-state index contributed by atoms with van der Waals surface area (Å²) in [6.45, 7) is 3.51. The van der Waals surface area contributed by atoms with Crippen LogP contribution in [0.3, 0.4) is 0 Å². The lowest BCUT2D eigenvalue weighted by Gasteiger charge is -2.31. The Morgan fingerprint density at radius 2 is 1.93 bits per heavy atom. The Kier molecular flexibility index (Phi) is 7.36. The molecule has 0 saturated heterocycles. The van der Waals surface area contributed by atoms with E-state index in [1.54, 1.807) is 44.2 Å². The van der Waals surface area contributed by atoms with Crippen LogP contribution in [0.1, 0.15) is 32.3 Å². The summed E-state index contributed by atoms with van der Waals surface area (Å²) in [7, 11) is -2.34. The Balaban J connectivity index is 1.49. The molecule has 1 fully saturated rings. The van der Waals surface area contributed by atoms with Crippen molar-refractivity contribution in [3.8, 4) is 22.9 Å². The van der Waals surface area contributed by atoms with Crippen LogP contribution in [0.2, 0.25) is 0 Å². The van der Waals surface area contributed by atoms with E-state index in [0.29, 0.717) is 29.8 Å². The molecule has 1 aliphatic carbocycles. The summed E-state index contributed by atoms with van der Waals surface area (Å²) in [6, 6.07) is 8.46. The third-order valence-corrected chi connectivity index (χ3v) is 8.41. The molecule has 1 saturated carbocycles. The summed E-state index contributed by atoms with van der Waals surface area (Å²) in [6.07, 6.45) is 3.33. The van der Waals surface area contributed by atoms with E-state index < -0.39 is 44.8 Å². The van der Waals surface area contributed by atoms with Crippen LogP contribution in [0.4, 0.5) is 14.6 Å². The summed E-state index contributed by atoms with van der Waals surface area (Å²) in [5, 5.41) is 7.90. The van der Waals surface area contributed by atoms with Crippen LogP contribution in [0, 0.1) is 17.6 Å². The van der Waals surface area contributed by atoms with Crippen LogP contribution < -0.4 is 9.62 Å². The van der Waals surface area contributed by atoms with Crippen molar-refractivity contribution < 1.29 is 26.5 Å². The normalized spacial score (nSPS) is 14.3. The zero-order chi connectivity index (χ0) is 28.6. The van der Waals surface area contributed by atoms with Crippen LogP contribution in [0.15, 0.2) is 53.4 Å². The van der Waals surface area contributed by atoms with E-state index in [9.17, 15) is 17.6 Å². The van der Waals surface area contributed by atoms with Gasteiger partial charge < -0.3 is 9.42 Å². The average molecular weight is 572 g/mol. The number of hydrogen-bond donors (Lipinski definition) is 1. The highest BCUT2D eigenvalue weighted by Crippen LogP contribution is 2.29. The van der Waals surface area contributed by atoms with Gasteiger partial charge in [0, 0.05) is 18.7 Å².